The third-order valence-corrected chi connectivity index (χ3v) is 7.47. The van der Waals surface area contributed by atoms with Gasteiger partial charge in [0.1, 0.15) is 0 Å². The molecule has 162 valence electrons. The number of halogens is 2. The number of benzene rings is 3. The quantitative estimate of drug-likeness (QED) is 0.572. The van der Waals surface area contributed by atoms with Crippen LogP contribution in [0.4, 0.5) is 14.5 Å². The highest BCUT2D eigenvalue weighted by Gasteiger charge is 2.59. The number of hydrogen-bond donors (Lipinski definition) is 0. The third-order valence-electron chi connectivity index (χ3n) is 6.05. The number of carbonyl (C=O) groups excluding carboxylic acids is 2. The summed E-state index contributed by atoms with van der Waals surface area (Å²) < 4.78 is 27.2. The van der Waals surface area contributed by atoms with Crippen molar-refractivity contribution in [3.63, 3.8) is 0 Å². The summed E-state index contributed by atoms with van der Waals surface area (Å²) in [6.07, 6.45) is 0. The van der Waals surface area contributed by atoms with E-state index in [1.807, 2.05) is 49.4 Å². The molecule has 32 heavy (non-hydrogen) atoms. The number of carbonyl (C=O) groups is 2. The van der Waals surface area contributed by atoms with Crippen molar-refractivity contribution in [2.75, 3.05) is 17.2 Å². The molecule has 1 saturated heterocycles. The lowest BCUT2D eigenvalue weighted by Gasteiger charge is -2.33. The number of nitrogens with zero attached hydrogens (tertiary/aromatic N) is 2. The molecule has 1 spiro atoms. The number of anilines is 1. The topological polar surface area (TPSA) is 40.6 Å². The zero-order valence-electron chi connectivity index (χ0n) is 17.3. The zero-order chi connectivity index (χ0) is 22.5. The smallest absolute Gasteiger partial charge is 0.268 e. The van der Waals surface area contributed by atoms with Gasteiger partial charge < -0.3 is 9.80 Å². The van der Waals surface area contributed by atoms with Gasteiger partial charge in [0, 0.05) is 23.4 Å². The Morgan fingerprint density at radius 1 is 1.03 bits per heavy atom. The molecule has 2 amide bonds. The number of para-hydroxylation sites is 1. The molecule has 0 aliphatic carbocycles. The van der Waals surface area contributed by atoms with Gasteiger partial charge in [-0.3, -0.25) is 9.59 Å². The van der Waals surface area contributed by atoms with Crippen molar-refractivity contribution in [3.8, 4) is 0 Å². The van der Waals surface area contributed by atoms with E-state index in [9.17, 15) is 18.4 Å². The van der Waals surface area contributed by atoms with Crippen molar-refractivity contribution < 1.29 is 18.4 Å². The highest BCUT2D eigenvalue weighted by molar-refractivity contribution is 8.01. The van der Waals surface area contributed by atoms with Crippen LogP contribution in [0.5, 0.6) is 0 Å². The molecule has 2 aliphatic rings. The molecule has 3 aromatic carbocycles. The first kappa shape index (κ1) is 20.7. The summed E-state index contributed by atoms with van der Waals surface area (Å²) >= 11 is 1.44. The Bertz CT molecular complexity index is 1250. The van der Waals surface area contributed by atoms with E-state index in [1.165, 1.54) is 17.8 Å². The molecule has 0 aromatic heterocycles. The first-order chi connectivity index (χ1) is 15.4. The number of thioether (sulfide) groups is 1. The lowest BCUT2D eigenvalue weighted by atomic mass is 10.0. The summed E-state index contributed by atoms with van der Waals surface area (Å²) in [5, 5.41) is 0. The minimum atomic E-state index is -1.17. The van der Waals surface area contributed by atoms with Crippen LogP contribution >= 0.6 is 11.8 Å². The number of hydrogen-bond acceptors (Lipinski definition) is 3. The predicted octanol–water partition coefficient (Wildman–Crippen LogP) is 4.86. The van der Waals surface area contributed by atoms with E-state index in [1.54, 1.807) is 15.9 Å². The first-order valence-corrected chi connectivity index (χ1v) is 11.3. The van der Waals surface area contributed by atoms with Gasteiger partial charge in [0.15, 0.2) is 16.5 Å². The first-order valence-electron chi connectivity index (χ1n) is 10.3. The van der Waals surface area contributed by atoms with Crippen LogP contribution in [0.15, 0.2) is 66.7 Å². The van der Waals surface area contributed by atoms with Crippen LogP contribution in [0.25, 0.3) is 0 Å². The zero-order valence-corrected chi connectivity index (χ0v) is 18.2. The monoisotopic (exact) mass is 450 g/mol. The van der Waals surface area contributed by atoms with Crippen LogP contribution in [0.3, 0.4) is 0 Å². The molecule has 0 radical (unpaired) electrons. The maximum absolute atomic E-state index is 13.9. The van der Waals surface area contributed by atoms with Crippen molar-refractivity contribution in [1.82, 2.24) is 4.90 Å². The van der Waals surface area contributed by atoms with Crippen LogP contribution in [0, 0.1) is 18.6 Å². The highest BCUT2D eigenvalue weighted by atomic mass is 32.2. The van der Waals surface area contributed by atoms with E-state index in [0.29, 0.717) is 29.1 Å². The summed E-state index contributed by atoms with van der Waals surface area (Å²) in [5.41, 5.74) is 3.32. The minimum absolute atomic E-state index is 0.0851. The molecule has 7 heteroatoms. The van der Waals surface area contributed by atoms with Crippen molar-refractivity contribution in [1.29, 1.82) is 0 Å². The van der Waals surface area contributed by atoms with E-state index >= 15 is 0 Å². The van der Waals surface area contributed by atoms with Gasteiger partial charge in [-0.25, -0.2) is 8.78 Å². The molecule has 2 heterocycles. The van der Waals surface area contributed by atoms with Crippen molar-refractivity contribution >= 4 is 29.3 Å². The molecular formula is C25H20F2N2O2S. The molecule has 3 aromatic rings. The van der Waals surface area contributed by atoms with Gasteiger partial charge >= 0.3 is 0 Å². The fourth-order valence-corrected chi connectivity index (χ4v) is 5.96. The van der Waals surface area contributed by atoms with E-state index in [-0.39, 0.29) is 18.4 Å². The van der Waals surface area contributed by atoms with Crippen LogP contribution in [0.1, 0.15) is 27.0 Å². The third kappa shape index (κ3) is 3.03. The molecule has 5 rings (SSSR count). The molecule has 0 bridgehead atoms. The van der Waals surface area contributed by atoms with E-state index in [4.69, 9.17) is 0 Å². The molecule has 1 atom stereocenters. The number of fused-ring (bicyclic) bond motifs is 2. The predicted molar refractivity (Wildman–Crippen MR) is 120 cm³/mol. The van der Waals surface area contributed by atoms with Gasteiger partial charge in [-0.15, -0.1) is 11.8 Å². The van der Waals surface area contributed by atoms with Gasteiger partial charge in [0.2, 0.25) is 0 Å². The van der Waals surface area contributed by atoms with Crippen LogP contribution in [-0.2, 0) is 16.2 Å². The van der Waals surface area contributed by atoms with Crippen molar-refractivity contribution in [3.05, 3.63) is 101 Å². The van der Waals surface area contributed by atoms with Crippen molar-refractivity contribution in [2.24, 2.45) is 0 Å². The summed E-state index contributed by atoms with van der Waals surface area (Å²) in [6, 6.07) is 18.4. The molecular weight excluding hydrogens is 430 g/mol. The minimum Gasteiger partial charge on any atom is -0.311 e. The number of aryl methyl sites for hydroxylation is 1. The highest BCUT2D eigenvalue weighted by Crippen LogP contribution is 2.54. The average Bonchev–Trinajstić information content (AvgIpc) is 3.33. The lowest BCUT2D eigenvalue weighted by molar-refractivity contribution is -0.123. The second-order valence-corrected chi connectivity index (χ2v) is 9.21. The molecule has 0 unspecified atom stereocenters. The average molecular weight is 451 g/mol. The van der Waals surface area contributed by atoms with Crippen LogP contribution < -0.4 is 4.90 Å². The Morgan fingerprint density at radius 2 is 1.78 bits per heavy atom. The maximum atomic E-state index is 13.9. The van der Waals surface area contributed by atoms with Gasteiger partial charge in [-0.2, -0.15) is 0 Å². The van der Waals surface area contributed by atoms with Crippen molar-refractivity contribution in [2.45, 2.75) is 18.3 Å². The maximum Gasteiger partial charge on any atom is 0.268 e. The number of rotatable bonds is 3. The largest absolute Gasteiger partial charge is 0.311 e. The van der Waals surface area contributed by atoms with Crippen LogP contribution in [-0.4, -0.2) is 29.0 Å². The van der Waals surface area contributed by atoms with Gasteiger partial charge in [0.05, 0.1) is 12.2 Å². The summed E-state index contributed by atoms with van der Waals surface area (Å²) in [4.78, 5) is 29.6. The standard InChI is InChI=1S/C25H20F2N2O2S/c1-16-6-2-3-7-18(16)23(30)29-12-13-32-25(29)19-8-4-5-9-22(19)28(24(25)31)15-17-10-11-20(26)21(27)14-17/h2-11,14H,12-13,15H2,1H3/t25-/m0/s1. The van der Waals surface area contributed by atoms with Gasteiger partial charge in [-0.05, 0) is 42.3 Å². The second kappa shape index (κ2) is 7.74. The summed E-state index contributed by atoms with van der Waals surface area (Å²) in [5.74, 6) is -1.70. The summed E-state index contributed by atoms with van der Waals surface area (Å²) in [7, 11) is 0. The SMILES string of the molecule is Cc1ccccc1C(=O)N1CCS[C@@]12C(=O)N(Cc1ccc(F)c(F)c1)c1ccccc12. The van der Waals surface area contributed by atoms with Crippen LogP contribution in [0.2, 0.25) is 0 Å². The second-order valence-electron chi connectivity index (χ2n) is 7.92. The lowest BCUT2D eigenvalue weighted by Crippen LogP contribution is -2.50. The van der Waals surface area contributed by atoms with E-state index in [2.05, 4.69) is 0 Å². The summed E-state index contributed by atoms with van der Waals surface area (Å²) in [6.45, 7) is 2.40. The Hall–Kier alpha value is -3.19. The Kier molecular flexibility index (Phi) is 5.01. The Morgan fingerprint density at radius 3 is 2.56 bits per heavy atom. The normalized spacial score (nSPS) is 19.7. The molecule has 0 N–H and O–H groups in total. The molecule has 2 aliphatic heterocycles. The molecule has 0 saturated carbocycles. The van der Waals surface area contributed by atoms with E-state index < -0.39 is 16.5 Å². The van der Waals surface area contributed by atoms with Gasteiger partial charge in [-0.1, -0.05) is 42.5 Å². The Balaban J connectivity index is 1.58. The number of amides is 2. The van der Waals surface area contributed by atoms with E-state index in [0.717, 1.165) is 23.3 Å². The fraction of sp³-hybridized carbons (Fsp3) is 0.200. The molecule has 4 nitrogen and oxygen atoms in total. The Labute approximate surface area is 188 Å². The van der Waals surface area contributed by atoms with Gasteiger partial charge in [0.25, 0.3) is 11.8 Å². The molecule has 1 fully saturated rings. The fourth-order valence-electron chi connectivity index (χ4n) is 4.50.